The van der Waals surface area contributed by atoms with Gasteiger partial charge in [-0.2, -0.15) is 5.10 Å². The van der Waals surface area contributed by atoms with Gasteiger partial charge in [-0.3, -0.25) is 19.4 Å². The van der Waals surface area contributed by atoms with E-state index in [4.69, 9.17) is 11.6 Å². The minimum absolute atomic E-state index is 0.223. The molecular formula is C26H18ClN3O3. The van der Waals surface area contributed by atoms with Crippen molar-refractivity contribution in [2.45, 2.75) is 12.1 Å². The summed E-state index contributed by atoms with van der Waals surface area (Å²) in [5.74, 6) is -2.54. The van der Waals surface area contributed by atoms with Crippen LogP contribution in [0.1, 0.15) is 27.5 Å². The summed E-state index contributed by atoms with van der Waals surface area (Å²) in [5, 5.41) is 6.66. The third-order valence-electron chi connectivity index (χ3n) is 6.69. The zero-order chi connectivity index (χ0) is 22.7. The number of imide groups is 1. The van der Waals surface area contributed by atoms with Gasteiger partial charge in [-0.15, -0.1) is 0 Å². The van der Waals surface area contributed by atoms with Crippen molar-refractivity contribution in [1.82, 2.24) is 5.01 Å². The van der Waals surface area contributed by atoms with E-state index in [0.29, 0.717) is 16.3 Å². The maximum absolute atomic E-state index is 13.8. The highest BCUT2D eigenvalue weighted by Crippen LogP contribution is 2.53. The van der Waals surface area contributed by atoms with Crippen molar-refractivity contribution in [3.8, 4) is 0 Å². The van der Waals surface area contributed by atoms with Crippen LogP contribution in [0.25, 0.3) is 0 Å². The number of halogens is 1. The van der Waals surface area contributed by atoms with Crippen molar-refractivity contribution in [2.75, 3.05) is 4.90 Å². The Morgan fingerprint density at radius 3 is 2.36 bits per heavy atom. The Morgan fingerprint density at radius 1 is 0.848 bits per heavy atom. The molecule has 3 aliphatic heterocycles. The van der Waals surface area contributed by atoms with Crippen LogP contribution in [0.4, 0.5) is 5.69 Å². The molecule has 0 bridgehead atoms. The van der Waals surface area contributed by atoms with Gasteiger partial charge in [-0.25, -0.2) is 4.90 Å². The number of carbonyl (C=O) groups excluding carboxylic acids is 3. The average molecular weight is 456 g/mol. The fraction of sp³-hybridized carbons (Fsp3) is 0.154. The summed E-state index contributed by atoms with van der Waals surface area (Å²) in [6.45, 7) is 0. The number of hydrogen-bond donors (Lipinski definition) is 0. The Kier molecular flexibility index (Phi) is 4.45. The summed E-state index contributed by atoms with van der Waals surface area (Å²) in [6, 6.07) is 21.8. The van der Waals surface area contributed by atoms with Crippen molar-refractivity contribution in [3.05, 3.63) is 101 Å². The molecule has 3 aliphatic rings. The highest BCUT2D eigenvalue weighted by molar-refractivity contribution is 6.31. The molecule has 6 rings (SSSR count). The maximum atomic E-state index is 13.8. The molecule has 4 atom stereocenters. The van der Waals surface area contributed by atoms with E-state index in [-0.39, 0.29) is 11.7 Å². The van der Waals surface area contributed by atoms with E-state index in [1.807, 2.05) is 30.3 Å². The van der Waals surface area contributed by atoms with Crippen LogP contribution in [0.3, 0.4) is 0 Å². The number of anilines is 1. The van der Waals surface area contributed by atoms with Gasteiger partial charge in [-0.1, -0.05) is 72.3 Å². The fourth-order valence-corrected chi connectivity index (χ4v) is 5.50. The van der Waals surface area contributed by atoms with Crippen LogP contribution in [0.15, 0.2) is 84.0 Å². The number of Topliss-reactive ketones (excluding diaryl/α,β-unsaturated/α-hetero) is 1. The van der Waals surface area contributed by atoms with Crippen LogP contribution in [0.2, 0.25) is 5.02 Å². The molecule has 0 saturated carbocycles. The lowest BCUT2D eigenvalue weighted by atomic mass is 9.83. The van der Waals surface area contributed by atoms with Gasteiger partial charge in [0.1, 0.15) is 6.04 Å². The number of hydrogen-bond acceptors (Lipinski definition) is 5. The average Bonchev–Trinajstić information content (AvgIpc) is 3.32. The quantitative estimate of drug-likeness (QED) is 0.440. The largest absolute Gasteiger partial charge is 0.292 e. The Morgan fingerprint density at radius 2 is 1.58 bits per heavy atom. The van der Waals surface area contributed by atoms with Gasteiger partial charge >= 0.3 is 0 Å². The molecule has 2 amide bonds. The van der Waals surface area contributed by atoms with E-state index in [0.717, 1.165) is 11.1 Å². The lowest BCUT2D eigenvalue weighted by molar-refractivity contribution is -0.124. The first-order chi connectivity index (χ1) is 16.1. The SMILES string of the molecule is O=C(c1ccccc1)[C@H]1[C@H]2C(=O)N(c3cccc(Cl)c3)C(=O)[C@@H]2[C@H]2c3ccccc3C=NN21. The highest BCUT2D eigenvalue weighted by atomic mass is 35.5. The summed E-state index contributed by atoms with van der Waals surface area (Å²) in [7, 11) is 0. The standard InChI is InChI=1S/C26H18ClN3O3/c27-17-10-6-11-18(13-17)29-25(32)20-21(26(29)33)23(24(31)15-7-2-1-3-8-15)30-22(20)19-12-5-4-9-16(19)14-28-30/h1-14,20-23H/t20-,21-,22+,23+/m0/s1. The lowest BCUT2D eigenvalue weighted by Crippen LogP contribution is -2.44. The third-order valence-corrected chi connectivity index (χ3v) is 6.92. The van der Waals surface area contributed by atoms with E-state index < -0.39 is 29.8 Å². The fourth-order valence-electron chi connectivity index (χ4n) is 5.31. The number of nitrogens with zero attached hydrogens (tertiary/aromatic N) is 3. The Labute approximate surface area is 195 Å². The van der Waals surface area contributed by atoms with E-state index in [9.17, 15) is 14.4 Å². The molecule has 3 heterocycles. The Hall–Kier alpha value is -3.77. The second kappa shape index (κ2) is 7.39. The number of fused-ring (bicyclic) bond motifs is 5. The second-order valence-electron chi connectivity index (χ2n) is 8.42. The minimum Gasteiger partial charge on any atom is -0.292 e. The van der Waals surface area contributed by atoms with Crippen LogP contribution in [-0.4, -0.2) is 34.9 Å². The molecule has 0 spiro atoms. The number of hydrazone groups is 1. The molecule has 3 aromatic carbocycles. The van der Waals surface area contributed by atoms with Crippen molar-refractivity contribution < 1.29 is 14.4 Å². The first kappa shape index (κ1) is 19.9. The summed E-state index contributed by atoms with van der Waals surface area (Å²) >= 11 is 6.15. The van der Waals surface area contributed by atoms with Gasteiger partial charge in [-0.05, 0) is 29.3 Å². The van der Waals surface area contributed by atoms with Crippen LogP contribution >= 0.6 is 11.6 Å². The smallest absolute Gasteiger partial charge is 0.240 e. The molecule has 7 heteroatoms. The molecular weight excluding hydrogens is 438 g/mol. The maximum Gasteiger partial charge on any atom is 0.240 e. The predicted molar refractivity (Wildman–Crippen MR) is 124 cm³/mol. The van der Waals surface area contributed by atoms with Crippen molar-refractivity contribution >= 4 is 41.1 Å². The topological polar surface area (TPSA) is 70.0 Å². The van der Waals surface area contributed by atoms with Gasteiger partial charge in [0.05, 0.1) is 29.8 Å². The van der Waals surface area contributed by atoms with Crippen molar-refractivity contribution in [3.63, 3.8) is 0 Å². The number of carbonyl (C=O) groups is 3. The third kappa shape index (κ3) is 2.87. The van der Waals surface area contributed by atoms with Gasteiger partial charge in [0.2, 0.25) is 11.8 Å². The first-order valence-corrected chi connectivity index (χ1v) is 11.1. The lowest BCUT2D eigenvalue weighted by Gasteiger charge is -2.33. The molecule has 0 radical (unpaired) electrons. The van der Waals surface area contributed by atoms with Gasteiger partial charge in [0, 0.05) is 10.6 Å². The van der Waals surface area contributed by atoms with Crippen LogP contribution < -0.4 is 4.90 Å². The zero-order valence-corrected chi connectivity index (χ0v) is 18.1. The monoisotopic (exact) mass is 455 g/mol. The predicted octanol–water partition coefficient (Wildman–Crippen LogP) is 4.10. The van der Waals surface area contributed by atoms with Crippen LogP contribution in [0, 0.1) is 11.8 Å². The molecule has 162 valence electrons. The second-order valence-corrected chi connectivity index (χ2v) is 8.85. The highest BCUT2D eigenvalue weighted by Gasteiger charge is 2.65. The van der Waals surface area contributed by atoms with Crippen LogP contribution in [-0.2, 0) is 9.59 Å². The van der Waals surface area contributed by atoms with E-state index in [1.54, 1.807) is 59.8 Å². The minimum atomic E-state index is -0.882. The zero-order valence-electron chi connectivity index (χ0n) is 17.3. The molecule has 0 aliphatic carbocycles. The van der Waals surface area contributed by atoms with E-state index in [1.165, 1.54) is 4.90 Å². The molecule has 0 aromatic heterocycles. The van der Waals surface area contributed by atoms with E-state index >= 15 is 0 Å². The van der Waals surface area contributed by atoms with Gasteiger partial charge in [0.25, 0.3) is 0 Å². The molecule has 2 fully saturated rings. The van der Waals surface area contributed by atoms with Gasteiger partial charge < -0.3 is 0 Å². The Balaban J connectivity index is 1.51. The molecule has 33 heavy (non-hydrogen) atoms. The summed E-state index contributed by atoms with van der Waals surface area (Å²) in [4.78, 5) is 42.4. The summed E-state index contributed by atoms with van der Waals surface area (Å²) in [6.07, 6.45) is 1.70. The summed E-state index contributed by atoms with van der Waals surface area (Å²) < 4.78 is 0. The van der Waals surface area contributed by atoms with Gasteiger partial charge in [0.15, 0.2) is 5.78 Å². The number of rotatable bonds is 3. The van der Waals surface area contributed by atoms with E-state index in [2.05, 4.69) is 5.10 Å². The Bertz CT molecular complexity index is 1340. The van der Waals surface area contributed by atoms with Crippen LogP contribution in [0.5, 0.6) is 0 Å². The number of amides is 2. The van der Waals surface area contributed by atoms with Crippen molar-refractivity contribution in [2.24, 2.45) is 16.9 Å². The number of benzene rings is 3. The normalized spacial score (nSPS) is 25.1. The molecule has 0 unspecified atom stereocenters. The summed E-state index contributed by atoms with van der Waals surface area (Å²) in [5.41, 5.74) is 2.67. The molecule has 3 aromatic rings. The first-order valence-electron chi connectivity index (χ1n) is 10.7. The molecule has 0 N–H and O–H groups in total. The molecule has 6 nitrogen and oxygen atoms in total. The molecule has 2 saturated heterocycles. The number of ketones is 1. The van der Waals surface area contributed by atoms with Crippen molar-refractivity contribution in [1.29, 1.82) is 0 Å².